The Morgan fingerprint density at radius 2 is 2.36 bits per heavy atom. The van der Waals surface area contributed by atoms with Crippen LogP contribution in [-0.4, -0.2) is 24.7 Å². The number of pyridine rings is 1. The van der Waals surface area contributed by atoms with Crippen LogP contribution in [0.3, 0.4) is 0 Å². The SMILES string of the molecule is CCOc1ncc(C(=O)OC)cc1I. The van der Waals surface area contributed by atoms with Gasteiger partial charge in [-0.25, -0.2) is 9.78 Å². The van der Waals surface area contributed by atoms with Crippen LogP contribution >= 0.6 is 22.6 Å². The fraction of sp³-hybridized carbons (Fsp3) is 0.333. The highest BCUT2D eigenvalue weighted by molar-refractivity contribution is 14.1. The molecule has 14 heavy (non-hydrogen) atoms. The lowest BCUT2D eigenvalue weighted by molar-refractivity contribution is 0.0600. The van der Waals surface area contributed by atoms with E-state index in [1.165, 1.54) is 13.3 Å². The van der Waals surface area contributed by atoms with E-state index in [0.29, 0.717) is 18.1 Å². The number of ether oxygens (including phenoxy) is 2. The number of esters is 1. The van der Waals surface area contributed by atoms with Gasteiger partial charge in [0.15, 0.2) is 0 Å². The van der Waals surface area contributed by atoms with Crippen molar-refractivity contribution in [1.29, 1.82) is 0 Å². The third kappa shape index (κ3) is 2.57. The number of aromatic nitrogens is 1. The van der Waals surface area contributed by atoms with Crippen molar-refractivity contribution in [3.63, 3.8) is 0 Å². The van der Waals surface area contributed by atoms with Crippen LogP contribution in [0.1, 0.15) is 17.3 Å². The Bertz CT molecular complexity index is 341. The highest BCUT2D eigenvalue weighted by Gasteiger charge is 2.09. The molecule has 0 aliphatic carbocycles. The quantitative estimate of drug-likeness (QED) is 0.632. The molecule has 0 radical (unpaired) electrons. The van der Waals surface area contributed by atoms with E-state index in [-0.39, 0.29) is 0 Å². The molecule has 1 heterocycles. The number of hydrogen-bond acceptors (Lipinski definition) is 4. The van der Waals surface area contributed by atoms with E-state index < -0.39 is 5.97 Å². The molecule has 76 valence electrons. The Morgan fingerprint density at radius 3 is 2.86 bits per heavy atom. The van der Waals surface area contributed by atoms with Gasteiger partial charge in [-0.3, -0.25) is 0 Å². The van der Waals surface area contributed by atoms with Gasteiger partial charge in [0.05, 0.1) is 22.9 Å². The second-order valence-electron chi connectivity index (χ2n) is 2.44. The Kier molecular flexibility index (Phi) is 4.12. The molecule has 0 N–H and O–H groups in total. The normalized spacial score (nSPS) is 9.64. The van der Waals surface area contributed by atoms with E-state index >= 15 is 0 Å². The summed E-state index contributed by atoms with van der Waals surface area (Å²) in [6.45, 7) is 2.44. The summed E-state index contributed by atoms with van der Waals surface area (Å²) < 4.78 is 10.6. The molecule has 0 saturated carbocycles. The van der Waals surface area contributed by atoms with Gasteiger partial charge in [0, 0.05) is 6.20 Å². The van der Waals surface area contributed by atoms with Crippen molar-refractivity contribution in [2.24, 2.45) is 0 Å². The lowest BCUT2D eigenvalue weighted by Gasteiger charge is -2.05. The largest absolute Gasteiger partial charge is 0.477 e. The molecular weight excluding hydrogens is 297 g/mol. The first-order valence-electron chi connectivity index (χ1n) is 4.05. The van der Waals surface area contributed by atoms with E-state index in [4.69, 9.17) is 4.74 Å². The number of methoxy groups -OCH3 is 1. The maximum Gasteiger partial charge on any atom is 0.339 e. The molecule has 0 saturated heterocycles. The van der Waals surface area contributed by atoms with Crippen molar-refractivity contribution >= 4 is 28.6 Å². The molecule has 0 fully saturated rings. The zero-order valence-corrected chi connectivity index (χ0v) is 10.1. The molecule has 0 unspecified atom stereocenters. The van der Waals surface area contributed by atoms with Crippen LogP contribution < -0.4 is 4.74 Å². The lowest BCUT2D eigenvalue weighted by atomic mass is 10.3. The minimum atomic E-state index is -0.390. The van der Waals surface area contributed by atoms with Crippen molar-refractivity contribution in [1.82, 2.24) is 4.98 Å². The van der Waals surface area contributed by atoms with Gasteiger partial charge in [0.25, 0.3) is 0 Å². The van der Waals surface area contributed by atoms with Crippen LogP contribution in [0.5, 0.6) is 5.88 Å². The van der Waals surface area contributed by atoms with Crippen molar-refractivity contribution in [2.45, 2.75) is 6.92 Å². The fourth-order valence-corrected chi connectivity index (χ4v) is 1.53. The van der Waals surface area contributed by atoms with Gasteiger partial charge in [-0.1, -0.05) is 0 Å². The second kappa shape index (κ2) is 5.14. The Balaban J connectivity index is 2.94. The average molecular weight is 307 g/mol. The summed E-state index contributed by atoms with van der Waals surface area (Å²) >= 11 is 2.06. The predicted molar refractivity (Wildman–Crippen MR) is 59.5 cm³/mol. The molecule has 0 aromatic carbocycles. The molecule has 0 bridgehead atoms. The van der Waals surface area contributed by atoms with Crippen molar-refractivity contribution in [2.75, 3.05) is 13.7 Å². The topological polar surface area (TPSA) is 48.4 Å². The zero-order valence-electron chi connectivity index (χ0n) is 7.91. The fourth-order valence-electron chi connectivity index (χ4n) is 0.898. The van der Waals surface area contributed by atoms with Crippen LogP contribution in [-0.2, 0) is 4.74 Å². The third-order valence-corrected chi connectivity index (χ3v) is 2.28. The summed E-state index contributed by atoms with van der Waals surface area (Å²) in [4.78, 5) is 15.1. The zero-order chi connectivity index (χ0) is 10.6. The minimum absolute atomic E-state index is 0.390. The number of nitrogens with zero attached hydrogens (tertiary/aromatic N) is 1. The molecular formula is C9H10INO3. The van der Waals surface area contributed by atoms with Crippen LogP contribution in [0.15, 0.2) is 12.3 Å². The van der Waals surface area contributed by atoms with Crippen molar-refractivity contribution in [3.05, 3.63) is 21.4 Å². The minimum Gasteiger partial charge on any atom is -0.477 e. The first-order chi connectivity index (χ1) is 6.69. The Hall–Kier alpha value is -0.850. The van der Waals surface area contributed by atoms with Gasteiger partial charge in [-0.2, -0.15) is 0 Å². The molecule has 0 amide bonds. The molecule has 1 aromatic rings. The Morgan fingerprint density at radius 1 is 1.64 bits per heavy atom. The van der Waals surface area contributed by atoms with Gasteiger partial charge in [0.1, 0.15) is 0 Å². The lowest BCUT2D eigenvalue weighted by Crippen LogP contribution is -2.04. The molecule has 0 aliphatic rings. The maximum atomic E-state index is 11.1. The van der Waals surface area contributed by atoms with Gasteiger partial charge in [-0.15, -0.1) is 0 Å². The first kappa shape index (κ1) is 11.2. The molecule has 1 rings (SSSR count). The molecule has 5 heteroatoms. The number of carbonyl (C=O) groups is 1. The van der Waals surface area contributed by atoms with Crippen molar-refractivity contribution < 1.29 is 14.3 Å². The van der Waals surface area contributed by atoms with Crippen LogP contribution in [0.4, 0.5) is 0 Å². The van der Waals surface area contributed by atoms with Gasteiger partial charge >= 0.3 is 5.97 Å². The summed E-state index contributed by atoms with van der Waals surface area (Å²) in [6.07, 6.45) is 1.44. The summed E-state index contributed by atoms with van der Waals surface area (Å²) in [5, 5.41) is 0. The summed E-state index contributed by atoms with van der Waals surface area (Å²) in [5.74, 6) is 0.152. The number of hydrogen-bond donors (Lipinski definition) is 0. The Labute approximate surface area is 95.8 Å². The van der Waals surface area contributed by atoms with Crippen LogP contribution in [0, 0.1) is 3.57 Å². The number of rotatable bonds is 3. The van der Waals surface area contributed by atoms with Gasteiger partial charge in [-0.05, 0) is 35.6 Å². The smallest absolute Gasteiger partial charge is 0.339 e. The predicted octanol–water partition coefficient (Wildman–Crippen LogP) is 1.87. The van der Waals surface area contributed by atoms with Crippen molar-refractivity contribution in [3.8, 4) is 5.88 Å². The summed E-state index contributed by atoms with van der Waals surface area (Å²) in [6, 6.07) is 1.68. The molecule has 4 nitrogen and oxygen atoms in total. The standard InChI is InChI=1S/C9H10INO3/c1-3-14-8-7(10)4-6(5-11-8)9(12)13-2/h4-5H,3H2,1-2H3. The monoisotopic (exact) mass is 307 g/mol. The maximum absolute atomic E-state index is 11.1. The van der Waals surface area contributed by atoms with E-state index in [2.05, 4.69) is 32.3 Å². The molecule has 0 aliphatic heterocycles. The van der Waals surface area contributed by atoms with E-state index in [0.717, 1.165) is 3.57 Å². The van der Waals surface area contributed by atoms with Crippen LogP contribution in [0.25, 0.3) is 0 Å². The molecule has 0 spiro atoms. The number of halogens is 1. The summed E-state index contributed by atoms with van der Waals surface area (Å²) in [5.41, 5.74) is 0.431. The highest BCUT2D eigenvalue weighted by atomic mass is 127. The third-order valence-electron chi connectivity index (χ3n) is 1.51. The van der Waals surface area contributed by atoms with E-state index in [1.54, 1.807) is 6.07 Å². The molecule has 1 aromatic heterocycles. The van der Waals surface area contributed by atoms with Crippen LogP contribution in [0.2, 0.25) is 0 Å². The van der Waals surface area contributed by atoms with E-state index in [1.807, 2.05) is 6.92 Å². The first-order valence-corrected chi connectivity index (χ1v) is 5.13. The molecule has 0 atom stereocenters. The highest BCUT2D eigenvalue weighted by Crippen LogP contribution is 2.18. The van der Waals surface area contributed by atoms with Gasteiger partial charge < -0.3 is 9.47 Å². The number of carbonyl (C=O) groups excluding carboxylic acids is 1. The average Bonchev–Trinajstić information content (AvgIpc) is 2.20. The second-order valence-corrected chi connectivity index (χ2v) is 3.60. The van der Waals surface area contributed by atoms with E-state index in [9.17, 15) is 4.79 Å². The van der Waals surface area contributed by atoms with Gasteiger partial charge in [0.2, 0.25) is 5.88 Å². The summed E-state index contributed by atoms with van der Waals surface area (Å²) in [7, 11) is 1.34.